The number of hydrogen-bond donors (Lipinski definition) is 1. The van der Waals surface area contributed by atoms with Gasteiger partial charge in [-0.2, -0.15) is 0 Å². The first-order valence-electron chi connectivity index (χ1n) is 6.64. The standard InChI is InChI=1S/C14H18F2N2O2S/c1-8(7-21(3)20)18-13(17-9(2)14(18)19)10-4-5-11(15)12(16)6-10/h4-6,8-9,13,17H,7H2,1-3H3. The molecule has 1 aliphatic heterocycles. The Morgan fingerprint density at radius 2 is 2.05 bits per heavy atom. The van der Waals surface area contributed by atoms with Gasteiger partial charge in [0.25, 0.3) is 0 Å². The van der Waals surface area contributed by atoms with Gasteiger partial charge in [-0.1, -0.05) is 6.07 Å². The predicted octanol–water partition coefficient (Wildman–Crippen LogP) is 1.55. The lowest BCUT2D eigenvalue weighted by Crippen LogP contribution is -2.41. The van der Waals surface area contributed by atoms with Gasteiger partial charge in [-0.05, 0) is 31.5 Å². The number of rotatable bonds is 4. The van der Waals surface area contributed by atoms with Crippen molar-refractivity contribution in [1.82, 2.24) is 10.2 Å². The molecule has 0 bridgehead atoms. The van der Waals surface area contributed by atoms with Crippen molar-refractivity contribution < 1.29 is 17.8 Å². The molecule has 7 heteroatoms. The summed E-state index contributed by atoms with van der Waals surface area (Å²) in [5.41, 5.74) is 0.473. The van der Waals surface area contributed by atoms with E-state index in [9.17, 15) is 17.8 Å². The van der Waals surface area contributed by atoms with Crippen LogP contribution in [-0.4, -0.2) is 39.1 Å². The third kappa shape index (κ3) is 3.29. The normalized spacial score (nSPS) is 25.2. The smallest absolute Gasteiger partial charge is 0.241 e. The van der Waals surface area contributed by atoms with Gasteiger partial charge in [0.05, 0.1) is 6.04 Å². The molecule has 1 N–H and O–H groups in total. The first-order valence-corrected chi connectivity index (χ1v) is 8.37. The molecule has 1 aliphatic rings. The predicted molar refractivity (Wildman–Crippen MR) is 76.9 cm³/mol. The molecule has 1 aromatic carbocycles. The molecule has 1 saturated heterocycles. The topological polar surface area (TPSA) is 49.4 Å². The monoisotopic (exact) mass is 316 g/mol. The van der Waals surface area contributed by atoms with E-state index >= 15 is 0 Å². The van der Waals surface area contributed by atoms with Crippen molar-refractivity contribution in [1.29, 1.82) is 0 Å². The number of carbonyl (C=O) groups excluding carboxylic acids is 1. The Hall–Kier alpha value is -1.34. The number of carbonyl (C=O) groups is 1. The van der Waals surface area contributed by atoms with Crippen LogP contribution in [0.1, 0.15) is 25.6 Å². The third-order valence-electron chi connectivity index (χ3n) is 3.52. The molecule has 0 saturated carbocycles. The van der Waals surface area contributed by atoms with Crippen molar-refractivity contribution in [3.8, 4) is 0 Å². The summed E-state index contributed by atoms with van der Waals surface area (Å²) in [4.78, 5) is 13.8. The molecule has 21 heavy (non-hydrogen) atoms. The van der Waals surface area contributed by atoms with Crippen molar-refractivity contribution in [3.05, 3.63) is 35.4 Å². The van der Waals surface area contributed by atoms with Crippen molar-refractivity contribution in [2.24, 2.45) is 0 Å². The highest BCUT2D eigenvalue weighted by atomic mass is 32.2. The number of nitrogens with zero attached hydrogens (tertiary/aromatic N) is 1. The summed E-state index contributed by atoms with van der Waals surface area (Å²) < 4.78 is 37.8. The van der Waals surface area contributed by atoms with Gasteiger partial charge in [-0.25, -0.2) is 8.78 Å². The second-order valence-electron chi connectivity index (χ2n) is 5.30. The van der Waals surface area contributed by atoms with E-state index in [4.69, 9.17) is 0 Å². The lowest BCUT2D eigenvalue weighted by molar-refractivity contribution is -0.131. The molecule has 1 heterocycles. The minimum atomic E-state index is -1.05. The van der Waals surface area contributed by atoms with Crippen LogP contribution in [0, 0.1) is 11.6 Å². The lowest BCUT2D eigenvalue weighted by Gasteiger charge is -2.30. The van der Waals surface area contributed by atoms with Gasteiger partial charge in [-0.3, -0.25) is 14.3 Å². The first kappa shape index (κ1) is 16.0. The molecule has 0 aromatic heterocycles. The first-order chi connectivity index (χ1) is 9.81. The van der Waals surface area contributed by atoms with Crippen LogP contribution in [0.25, 0.3) is 0 Å². The van der Waals surface area contributed by atoms with Crippen molar-refractivity contribution in [3.63, 3.8) is 0 Å². The summed E-state index contributed by atoms with van der Waals surface area (Å²) >= 11 is 0. The number of hydrogen-bond acceptors (Lipinski definition) is 3. The molecular formula is C14H18F2N2O2S. The van der Waals surface area contributed by atoms with E-state index in [1.54, 1.807) is 25.0 Å². The van der Waals surface area contributed by atoms with E-state index < -0.39 is 34.6 Å². The average Bonchev–Trinajstić information content (AvgIpc) is 2.68. The highest BCUT2D eigenvalue weighted by Crippen LogP contribution is 2.28. The van der Waals surface area contributed by atoms with Crippen molar-refractivity contribution in [2.45, 2.75) is 32.1 Å². The van der Waals surface area contributed by atoms with E-state index in [2.05, 4.69) is 5.32 Å². The van der Waals surface area contributed by atoms with E-state index in [0.717, 1.165) is 12.1 Å². The van der Waals surface area contributed by atoms with E-state index in [0.29, 0.717) is 11.3 Å². The molecule has 2 rings (SSSR count). The quantitative estimate of drug-likeness (QED) is 0.917. The maximum atomic E-state index is 13.4. The van der Waals surface area contributed by atoms with Crippen LogP contribution < -0.4 is 5.32 Å². The Balaban J connectivity index is 2.33. The van der Waals surface area contributed by atoms with E-state index in [-0.39, 0.29) is 11.9 Å². The van der Waals surface area contributed by atoms with E-state index in [1.165, 1.54) is 6.07 Å². The minimum absolute atomic E-state index is 0.136. The van der Waals surface area contributed by atoms with Gasteiger partial charge < -0.3 is 4.90 Å². The van der Waals surface area contributed by atoms with E-state index in [1.807, 2.05) is 0 Å². The van der Waals surface area contributed by atoms with Crippen LogP contribution in [0.15, 0.2) is 18.2 Å². The van der Waals surface area contributed by atoms with Gasteiger partial charge in [0.1, 0.15) is 6.17 Å². The maximum absolute atomic E-state index is 13.4. The third-order valence-corrected chi connectivity index (χ3v) is 4.47. The fourth-order valence-electron chi connectivity index (χ4n) is 2.57. The van der Waals surface area contributed by atoms with Gasteiger partial charge in [0, 0.05) is 28.9 Å². The molecule has 0 radical (unpaired) electrons. The Kier molecular flexibility index (Phi) is 4.73. The summed E-state index contributed by atoms with van der Waals surface area (Å²) in [5, 5.41) is 3.06. The lowest BCUT2D eigenvalue weighted by atomic mass is 10.1. The zero-order chi connectivity index (χ0) is 15.7. The number of benzene rings is 1. The number of halogens is 2. The summed E-state index contributed by atoms with van der Waals surface area (Å²) in [6.45, 7) is 3.51. The van der Waals surface area contributed by atoms with Crippen LogP contribution in [0.3, 0.4) is 0 Å². The molecule has 1 aromatic rings. The highest BCUT2D eigenvalue weighted by Gasteiger charge is 2.40. The zero-order valence-corrected chi connectivity index (χ0v) is 12.9. The van der Waals surface area contributed by atoms with Gasteiger partial charge in [0.15, 0.2) is 11.6 Å². The molecule has 0 spiro atoms. The van der Waals surface area contributed by atoms with Crippen molar-refractivity contribution >= 4 is 16.7 Å². The Bertz CT molecular complexity index is 582. The SMILES string of the molecule is CC1NC(c2ccc(F)c(F)c2)N(C(C)CS(C)=O)C1=O. The summed E-state index contributed by atoms with van der Waals surface area (Å²) in [6.07, 6.45) is 1.03. The zero-order valence-electron chi connectivity index (χ0n) is 12.1. The highest BCUT2D eigenvalue weighted by molar-refractivity contribution is 7.84. The second kappa shape index (κ2) is 6.19. The largest absolute Gasteiger partial charge is 0.318 e. The minimum Gasteiger partial charge on any atom is -0.318 e. The number of nitrogens with one attached hydrogen (secondary N) is 1. The van der Waals surface area contributed by atoms with Crippen LogP contribution in [0.2, 0.25) is 0 Å². The molecule has 4 unspecified atom stereocenters. The van der Waals surface area contributed by atoms with Crippen LogP contribution in [0.4, 0.5) is 8.78 Å². The van der Waals surface area contributed by atoms with Crippen LogP contribution >= 0.6 is 0 Å². The van der Waals surface area contributed by atoms with Gasteiger partial charge in [0.2, 0.25) is 5.91 Å². The molecule has 4 nitrogen and oxygen atoms in total. The molecule has 4 atom stereocenters. The van der Waals surface area contributed by atoms with Gasteiger partial charge in [-0.15, -0.1) is 0 Å². The fourth-order valence-corrected chi connectivity index (χ4v) is 3.41. The van der Waals surface area contributed by atoms with Crippen molar-refractivity contribution in [2.75, 3.05) is 12.0 Å². The number of amides is 1. The molecular weight excluding hydrogens is 298 g/mol. The van der Waals surface area contributed by atoms with Gasteiger partial charge >= 0.3 is 0 Å². The Morgan fingerprint density at radius 3 is 2.62 bits per heavy atom. The maximum Gasteiger partial charge on any atom is 0.241 e. The molecule has 1 fully saturated rings. The fraction of sp³-hybridized carbons (Fsp3) is 0.500. The Labute approximate surface area is 125 Å². The van der Waals surface area contributed by atoms with Crippen LogP contribution in [0.5, 0.6) is 0 Å². The molecule has 0 aliphatic carbocycles. The molecule has 1 amide bonds. The summed E-state index contributed by atoms with van der Waals surface area (Å²) in [6, 6.07) is 2.89. The Morgan fingerprint density at radius 1 is 1.38 bits per heavy atom. The summed E-state index contributed by atoms with van der Waals surface area (Å²) in [5.74, 6) is -1.68. The summed E-state index contributed by atoms with van der Waals surface area (Å²) in [7, 11) is -1.05. The average molecular weight is 316 g/mol. The van der Waals surface area contributed by atoms with Crippen LogP contribution in [-0.2, 0) is 15.6 Å². The second-order valence-corrected chi connectivity index (χ2v) is 6.78. The molecule has 116 valence electrons.